The predicted octanol–water partition coefficient (Wildman–Crippen LogP) is 8.92. The molecule has 0 radical (unpaired) electrons. The number of hydrogen-bond acceptors (Lipinski definition) is 8. The van der Waals surface area contributed by atoms with Crippen LogP contribution in [-0.2, 0) is 25.5 Å². The maximum absolute atomic E-state index is 15.1. The van der Waals surface area contributed by atoms with Crippen molar-refractivity contribution in [3.05, 3.63) is 83.6 Å². The Morgan fingerprint density at radius 3 is 1.82 bits per heavy atom. The first-order chi connectivity index (χ1) is 31.8. The third-order valence-corrected chi connectivity index (χ3v) is 14.0. The van der Waals surface area contributed by atoms with Crippen molar-refractivity contribution in [1.82, 2.24) is 40.4 Å². The summed E-state index contributed by atoms with van der Waals surface area (Å²) in [6.45, 7) is 5.27. The van der Waals surface area contributed by atoms with Crippen LogP contribution >= 0.6 is 0 Å². The molecule has 2 saturated heterocycles. The number of ether oxygens (including phenoxy) is 2. The lowest BCUT2D eigenvalue weighted by Gasteiger charge is -2.31. The molecule has 3 fully saturated rings. The Balaban J connectivity index is 0.968. The summed E-state index contributed by atoms with van der Waals surface area (Å²) in [5.41, 5.74) is 9.34. The molecular formula is C49H54F4N8O6. The lowest BCUT2D eigenvalue weighted by Crippen LogP contribution is -2.51. The number of likely N-dealkylation sites (tertiary alicyclic amines) is 2. The summed E-state index contributed by atoms with van der Waals surface area (Å²) < 4.78 is 69.4. The van der Waals surface area contributed by atoms with E-state index in [1.54, 1.807) is 33.9 Å². The summed E-state index contributed by atoms with van der Waals surface area (Å²) in [5, 5.41) is 4.99. The van der Waals surface area contributed by atoms with Crippen LogP contribution in [0.1, 0.15) is 94.2 Å². The van der Waals surface area contributed by atoms with Crippen molar-refractivity contribution >= 4 is 35.0 Å². The molecule has 4 heterocycles. The molecule has 4 aliphatic rings. The number of hydrogen-bond donors (Lipinski definition) is 4. The van der Waals surface area contributed by atoms with Crippen LogP contribution in [0.3, 0.4) is 0 Å². The molecule has 67 heavy (non-hydrogen) atoms. The van der Waals surface area contributed by atoms with Gasteiger partial charge in [-0.3, -0.25) is 9.59 Å². The van der Waals surface area contributed by atoms with Crippen molar-refractivity contribution in [2.24, 2.45) is 17.8 Å². The minimum absolute atomic E-state index is 0.223. The molecule has 1 saturated carbocycles. The van der Waals surface area contributed by atoms with Gasteiger partial charge in [0.2, 0.25) is 11.8 Å². The van der Waals surface area contributed by atoms with Gasteiger partial charge in [-0.05, 0) is 94.0 Å². The van der Waals surface area contributed by atoms with Crippen LogP contribution in [0.5, 0.6) is 0 Å². The van der Waals surface area contributed by atoms with Gasteiger partial charge in [-0.2, -0.15) is 0 Å². The lowest BCUT2D eigenvalue weighted by molar-refractivity contribution is -0.137. The Kier molecular flexibility index (Phi) is 11.8. The third-order valence-electron chi connectivity index (χ3n) is 14.0. The molecule has 3 aromatic carbocycles. The molecule has 4 N–H and O–H groups in total. The van der Waals surface area contributed by atoms with Crippen LogP contribution in [0.4, 0.5) is 27.2 Å². The molecule has 0 bridgehead atoms. The number of benzene rings is 3. The number of aromatic amines is 2. The van der Waals surface area contributed by atoms with E-state index in [4.69, 9.17) is 9.72 Å². The zero-order chi connectivity index (χ0) is 47.7. The van der Waals surface area contributed by atoms with Crippen molar-refractivity contribution < 1.29 is 46.2 Å². The first kappa shape index (κ1) is 45.7. The van der Waals surface area contributed by atoms with E-state index >= 15 is 8.78 Å². The zero-order valence-electron chi connectivity index (χ0n) is 38.1. The molecule has 6 atom stereocenters. The molecule has 2 aromatic heterocycles. The number of halogens is 4. The van der Waals surface area contributed by atoms with Gasteiger partial charge in [0.05, 0.1) is 62.3 Å². The number of carbonyl (C=O) groups excluding carboxylic acids is 4. The molecule has 14 nitrogen and oxygen atoms in total. The normalized spacial score (nSPS) is 22.3. The quantitative estimate of drug-likeness (QED) is 0.0951. The van der Waals surface area contributed by atoms with Crippen molar-refractivity contribution in [2.45, 2.75) is 102 Å². The van der Waals surface area contributed by atoms with Gasteiger partial charge < -0.3 is 39.9 Å². The van der Waals surface area contributed by atoms with Crippen molar-refractivity contribution in [2.75, 3.05) is 27.3 Å². The molecule has 354 valence electrons. The highest BCUT2D eigenvalue weighted by atomic mass is 19.3. The van der Waals surface area contributed by atoms with E-state index in [-0.39, 0.29) is 23.5 Å². The molecule has 5 aromatic rings. The van der Waals surface area contributed by atoms with Crippen molar-refractivity contribution in [1.29, 1.82) is 0 Å². The highest BCUT2D eigenvalue weighted by Gasteiger charge is 2.52. The number of alkyl carbamates (subject to hydrolysis) is 2. The molecule has 4 amide bonds. The van der Waals surface area contributed by atoms with Gasteiger partial charge in [0.15, 0.2) is 0 Å². The molecule has 0 spiro atoms. The first-order valence-corrected chi connectivity index (χ1v) is 22.7. The largest absolute Gasteiger partial charge is 0.453 e. The highest BCUT2D eigenvalue weighted by Crippen LogP contribution is 2.56. The van der Waals surface area contributed by atoms with Gasteiger partial charge in [0, 0.05) is 12.8 Å². The van der Waals surface area contributed by atoms with Crippen LogP contribution in [-0.4, -0.2) is 105 Å². The van der Waals surface area contributed by atoms with Crippen molar-refractivity contribution in [3.63, 3.8) is 0 Å². The van der Waals surface area contributed by atoms with E-state index in [9.17, 15) is 28.0 Å². The topological polar surface area (TPSA) is 175 Å². The zero-order valence-corrected chi connectivity index (χ0v) is 38.1. The smallest absolute Gasteiger partial charge is 0.407 e. The van der Waals surface area contributed by atoms with Crippen molar-refractivity contribution in [3.8, 4) is 33.5 Å². The van der Waals surface area contributed by atoms with Crippen LogP contribution in [0.15, 0.2) is 60.8 Å². The fourth-order valence-corrected chi connectivity index (χ4v) is 10.5. The summed E-state index contributed by atoms with van der Waals surface area (Å²) in [7, 11) is 2.34. The summed E-state index contributed by atoms with van der Waals surface area (Å²) in [4.78, 5) is 69.3. The van der Waals surface area contributed by atoms with E-state index in [0.29, 0.717) is 28.6 Å². The second-order valence-electron chi connectivity index (χ2n) is 19.1. The SMILES string of the molecule is COC(=O)N[C@H](C(=O)N1CC(F)(F)C[C@H]1c1ncc(-c2ccc(-c3ccc(-c4ccc5[nH]c([C@@H]6CC(F)(F)CN6C(=O)[C@@H](NC(=O)OC)C(C)C)nc5c4)c4c3C3CCC3C4)cc2)[nH]1)C(C)C. The number of alkyl halides is 4. The molecule has 18 heteroatoms. The summed E-state index contributed by atoms with van der Waals surface area (Å²) in [5.74, 6) is -6.97. The summed E-state index contributed by atoms with van der Waals surface area (Å²) in [6.07, 6.45) is 1.82. The van der Waals surface area contributed by atoms with Crippen LogP contribution in [0.2, 0.25) is 0 Å². The predicted molar refractivity (Wildman–Crippen MR) is 240 cm³/mol. The number of rotatable bonds is 11. The Labute approximate surface area is 384 Å². The number of methoxy groups -OCH3 is 2. The number of carbonyl (C=O) groups is 4. The van der Waals surface area contributed by atoms with Gasteiger partial charge in [-0.1, -0.05) is 70.2 Å². The number of imidazole rings is 2. The Morgan fingerprint density at radius 1 is 0.716 bits per heavy atom. The van der Waals surface area contributed by atoms with E-state index in [0.717, 1.165) is 56.9 Å². The average molecular weight is 927 g/mol. The summed E-state index contributed by atoms with van der Waals surface area (Å²) in [6, 6.07) is 13.9. The summed E-state index contributed by atoms with van der Waals surface area (Å²) >= 11 is 0. The Morgan fingerprint density at radius 2 is 1.27 bits per heavy atom. The van der Waals surface area contributed by atoms with Gasteiger partial charge in [-0.25, -0.2) is 37.1 Å². The maximum Gasteiger partial charge on any atom is 0.407 e. The number of nitrogens with one attached hydrogen (secondary N) is 4. The number of fused-ring (bicyclic) bond motifs is 4. The fraction of sp³-hybridized carbons (Fsp3) is 0.469. The second-order valence-corrected chi connectivity index (χ2v) is 19.1. The van der Waals surface area contributed by atoms with Gasteiger partial charge in [-0.15, -0.1) is 0 Å². The fourth-order valence-electron chi connectivity index (χ4n) is 10.5. The Hall–Kier alpha value is -6.46. The van der Waals surface area contributed by atoms with Crippen LogP contribution in [0, 0.1) is 17.8 Å². The standard InChI is InChI=1S/C49H54F4N8O6/c1-24(2)40(58-46(64)66-5)44(62)60-22-48(50,51)19-37(60)42-54-21-36(57-42)27-9-7-26(8-10-27)31-15-14-30(33-17-28-11-13-32(28)39(31)33)29-12-16-34-35(18-29)56-43(55-34)38-20-49(52,53)23-61(38)45(63)41(25(3)4)59-47(65)67-6/h7-10,12,14-16,18,21,24-25,28,32,37-38,40-41H,11,13,17,19-20,22-23H2,1-6H3,(H,54,57)(H,55,56)(H,58,64)(H,59,65)/t28?,32?,37-,38-,40-,41-/m0/s1. The minimum atomic E-state index is -3.16. The minimum Gasteiger partial charge on any atom is -0.453 e. The van der Waals surface area contributed by atoms with E-state index in [1.165, 1.54) is 25.3 Å². The van der Waals surface area contributed by atoms with E-state index in [2.05, 4.69) is 42.5 Å². The first-order valence-electron chi connectivity index (χ1n) is 22.7. The monoisotopic (exact) mass is 926 g/mol. The number of H-pyrrole nitrogens is 2. The van der Waals surface area contributed by atoms with Gasteiger partial charge in [0.25, 0.3) is 11.8 Å². The average Bonchev–Trinajstić information content (AvgIpc) is 4.12. The molecule has 9 rings (SSSR count). The maximum atomic E-state index is 15.1. The molecule has 2 aliphatic heterocycles. The van der Waals surface area contributed by atoms with E-state index < -0.39 is 85.9 Å². The molecule has 2 aliphatic carbocycles. The highest BCUT2D eigenvalue weighted by molar-refractivity contribution is 5.89. The number of nitrogens with zero attached hydrogens (tertiary/aromatic N) is 4. The molecule has 2 unspecified atom stereocenters. The Bertz CT molecular complexity index is 2740. The second kappa shape index (κ2) is 17.3. The van der Waals surface area contributed by atoms with Crippen LogP contribution in [0.25, 0.3) is 44.5 Å². The molecular weight excluding hydrogens is 873 g/mol. The lowest BCUT2D eigenvalue weighted by atomic mass is 9.73. The number of aromatic nitrogens is 4. The number of amides is 4. The van der Waals surface area contributed by atoms with Crippen LogP contribution < -0.4 is 10.6 Å². The van der Waals surface area contributed by atoms with Gasteiger partial charge in [0.1, 0.15) is 23.7 Å². The van der Waals surface area contributed by atoms with E-state index in [1.807, 2.05) is 42.5 Å². The third kappa shape index (κ3) is 8.58. The van der Waals surface area contributed by atoms with Gasteiger partial charge >= 0.3 is 12.2 Å².